The molecule has 102 heavy (non-hydrogen) atoms. The summed E-state index contributed by atoms with van der Waals surface area (Å²) in [6, 6.07) is 111. The third-order valence-electron chi connectivity index (χ3n) is 21.0. The van der Waals surface area contributed by atoms with Crippen molar-refractivity contribution in [1.29, 1.82) is 0 Å². The zero-order valence-corrected chi connectivity index (χ0v) is 58.5. The van der Waals surface area contributed by atoms with Crippen molar-refractivity contribution >= 4 is 155 Å². The maximum Gasteiger partial charge on any atom is 0.138 e. The third kappa shape index (κ3) is 10.1. The fourth-order valence-corrected chi connectivity index (χ4v) is 16.1. The van der Waals surface area contributed by atoms with Crippen molar-refractivity contribution in [2.45, 2.75) is 55.4 Å². The number of hydrogen-bond donors (Lipinski definition) is 0. The van der Waals surface area contributed by atoms with Crippen LogP contribution in [0.5, 0.6) is 0 Å². The molecular weight excluding hydrogens is 1240 g/mol. The largest absolute Gasteiger partial charge is 0.456 e. The summed E-state index contributed by atoms with van der Waals surface area (Å²) in [5.74, 6) is 0. The smallest absolute Gasteiger partial charge is 0.138 e. The minimum Gasteiger partial charge on any atom is -0.456 e. The molecule has 6 nitrogen and oxygen atoms in total. The second kappa shape index (κ2) is 24.7. The summed E-state index contributed by atoms with van der Waals surface area (Å²) in [6.07, 6.45) is 0. The van der Waals surface area contributed by atoms with Gasteiger partial charge in [0.25, 0.3) is 0 Å². The van der Waals surface area contributed by atoms with Crippen molar-refractivity contribution in [3.05, 3.63) is 348 Å². The van der Waals surface area contributed by atoms with E-state index in [2.05, 4.69) is 378 Å². The Morgan fingerprint density at radius 2 is 0.441 bits per heavy atom. The fourth-order valence-electron chi connectivity index (χ4n) is 16.1. The van der Waals surface area contributed by atoms with Gasteiger partial charge in [0.1, 0.15) is 22.3 Å². The molecule has 490 valence electrons. The summed E-state index contributed by atoms with van der Waals surface area (Å²) in [5, 5.41) is 13.4. The summed E-state index contributed by atoms with van der Waals surface area (Å²) in [7, 11) is 0. The van der Waals surface area contributed by atoms with E-state index < -0.39 is 0 Å². The standard InChI is InChI=1S/C96H74N4O2/c1-59-27-25-33-69(51-59)97(79-43-21-9-29-61(79)3)85-55-89-93(75-39-17-13-35-71(75)85)94-76-40-18-14-36-72(76)86(56-90(94)101-89)98(70-34-26-28-60(2)52-70)83-53-67(49-47-65(83)7)68-50-48-66(8)84(54-68)100(82-46-24-12-32-64(82)6)88-58-92-96(78-42-20-16-38-74(78)88)95-77-41-19-15-37-73(77)87(57-91(95)102-92)99(80-44-22-10-30-62(80)4)81-45-23-11-31-63(81)5/h9-58H,1-8H3. The van der Waals surface area contributed by atoms with Gasteiger partial charge in [-0.2, -0.15) is 0 Å². The quantitative estimate of drug-likeness (QED) is 0.115. The van der Waals surface area contributed by atoms with E-state index in [1.54, 1.807) is 0 Å². The van der Waals surface area contributed by atoms with E-state index in [0.29, 0.717) is 0 Å². The van der Waals surface area contributed by atoms with Crippen LogP contribution in [0.3, 0.4) is 0 Å². The normalized spacial score (nSPS) is 11.7. The minimum atomic E-state index is 0.819. The summed E-state index contributed by atoms with van der Waals surface area (Å²) < 4.78 is 14.8. The molecule has 18 rings (SSSR count). The highest BCUT2D eigenvalue weighted by Crippen LogP contribution is 2.54. The van der Waals surface area contributed by atoms with Crippen LogP contribution in [0, 0.1) is 55.4 Å². The highest BCUT2D eigenvalue weighted by atomic mass is 16.3. The van der Waals surface area contributed by atoms with Crippen molar-refractivity contribution in [3.8, 4) is 11.1 Å². The molecule has 18 aromatic rings. The first kappa shape index (κ1) is 61.7. The van der Waals surface area contributed by atoms with Gasteiger partial charge in [-0.15, -0.1) is 0 Å². The average Bonchev–Trinajstić information content (AvgIpc) is 1.51. The molecule has 16 aromatic carbocycles. The third-order valence-corrected chi connectivity index (χ3v) is 21.0. The summed E-state index contributed by atoms with van der Waals surface area (Å²) in [6.45, 7) is 17.6. The second-order valence-electron chi connectivity index (χ2n) is 27.6. The van der Waals surface area contributed by atoms with Crippen molar-refractivity contribution in [2.75, 3.05) is 19.6 Å². The van der Waals surface area contributed by atoms with Gasteiger partial charge in [-0.1, -0.05) is 218 Å². The van der Waals surface area contributed by atoms with Gasteiger partial charge in [0.05, 0.1) is 22.7 Å². The van der Waals surface area contributed by atoms with Crippen LogP contribution in [0.25, 0.3) is 98.1 Å². The Morgan fingerprint density at radius 3 is 0.765 bits per heavy atom. The highest BCUT2D eigenvalue weighted by Gasteiger charge is 2.30. The second-order valence-corrected chi connectivity index (χ2v) is 27.6. The average molecular weight is 1320 g/mol. The molecule has 0 fully saturated rings. The van der Waals surface area contributed by atoms with Crippen LogP contribution in [0.15, 0.2) is 312 Å². The Kier molecular flexibility index (Phi) is 14.9. The van der Waals surface area contributed by atoms with E-state index in [4.69, 9.17) is 8.83 Å². The van der Waals surface area contributed by atoms with E-state index in [0.717, 1.165) is 183 Å². The molecule has 0 atom stereocenters. The number of aryl methyl sites for hydroxylation is 8. The number of anilines is 12. The minimum absolute atomic E-state index is 0.819. The Morgan fingerprint density at radius 1 is 0.186 bits per heavy atom. The first-order chi connectivity index (χ1) is 49.9. The van der Waals surface area contributed by atoms with Crippen LogP contribution in [0.2, 0.25) is 0 Å². The number of furan rings is 2. The maximum absolute atomic E-state index is 7.40. The van der Waals surface area contributed by atoms with E-state index >= 15 is 0 Å². The Labute approximate surface area is 594 Å². The number of hydrogen-bond acceptors (Lipinski definition) is 6. The molecule has 0 saturated carbocycles. The lowest BCUT2D eigenvalue weighted by molar-refractivity contribution is 0.669. The molecule has 0 saturated heterocycles. The van der Waals surface area contributed by atoms with Crippen LogP contribution in [0.4, 0.5) is 68.2 Å². The predicted octanol–water partition coefficient (Wildman–Crippen LogP) is 28.1. The summed E-state index contributed by atoms with van der Waals surface area (Å²) in [5.41, 5.74) is 27.7. The molecule has 2 aromatic heterocycles. The zero-order chi connectivity index (χ0) is 69.0. The van der Waals surface area contributed by atoms with E-state index in [9.17, 15) is 0 Å². The topological polar surface area (TPSA) is 39.2 Å². The van der Waals surface area contributed by atoms with Gasteiger partial charge < -0.3 is 28.4 Å². The molecule has 0 aliphatic rings. The van der Waals surface area contributed by atoms with Gasteiger partial charge in [-0.05, 0) is 193 Å². The first-order valence-corrected chi connectivity index (χ1v) is 35.3. The Bertz CT molecular complexity index is 6380. The molecule has 0 aliphatic heterocycles. The molecule has 2 heterocycles. The Balaban J connectivity index is 0.813. The lowest BCUT2D eigenvalue weighted by Crippen LogP contribution is -2.13. The molecule has 6 heteroatoms. The van der Waals surface area contributed by atoms with Crippen molar-refractivity contribution in [2.24, 2.45) is 0 Å². The summed E-state index contributed by atoms with van der Waals surface area (Å²) >= 11 is 0. The van der Waals surface area contributed by atoms with E-state index in [1.165, 1.54) is 27.8 Å². The fraction of sp³-hybridized carbons (Fsp3) is 0.0833. The van der Waals surface area contributed by atoms with Crippen LogP contribution < -0.4 is 19.6 Å². The summed E-state index contributed by atoms with van der Waals surface area (Å²) in [4.78, 5) is 9.76. The van der Waals surface area contributed by atoms with Crippen LogP contribution in [-0.4, -0.2) is 0 Å². The van der Waals surface area contributed by atoms with E-state index in [-0.39, 0.29) is 0 Å². The van der Waals surface area contributed by atoms with Gasteiger partial charge >= 0.3 is 0 Å². The van der Waals surface area contributed by atoms with Gasteiger partial charge in [0.15, 0.2) is 0 Å². The molecule has 0 bridgehead atoms. The molecule has 0 amide bonds. The lowest BCUT2D eigenvalue weighted by Gasteiger charge is -2.31. The SMILES string of the molecule is Cc1cccc(N(c2ccccc2C)c2cc3oc4cc(N(c5cccc(C)c5)c5cc(-c6ccc(C)c(N(c7ccccc7C)c7cc8oc9cc(N(c%10ccccc%10C)c%10ccccc%10C)c%10ccccc%10c9c8c8ccccc78)c6)ccc5C)c5ccccc5c4c3c3ccccc23)c1. The van der Waals surface area contributed by atoms with E-state index in [1.807, 2.05) is 0 Å². The van der Waals surface area contributed by atoms with Gasteiger partial charge in [-0.3, -0.25) is 0 Å². The molecule has 0 unspecified atom stereocenters. The number of rotatable bonds is 13. The van der Waals surface area contributed by atoms with Gasteiger partial charge in [0, 0.05) is 113 Å². The molecule has 0 N–H and O–H groups in total. The van der Waals surface area contributed by atoms with Crippen LogP contribution >= 0.6 is 0 Å². The number of fused-ring (bicyclic) bond motifs is 14. The maximum atomic E-state index is 7.40. The van der Waals surface area contributed by atoms with Crippen molar-refractivity contribution in [1.82, 2.24) is 0 Å². The van der Waals surface area contributed by atoms with Gasteiger partial charge in [-0.25, -0.2) is 0 Å². The first-order valence-electron chi connectivity index (χ1n) is 35.3. The Hall–Kier alpha value is -12.6. The lowest BCUT2D eigenvalue weighted by atomic mass is 9.95. The number of para-hydroxylation sites is 4. The molecule has 0 spiro atoms. The van der Waals surface area contributed by atoms with Crippen molar-refractivity contribution in [3.63, 3.8) is 0 Å². The highest BCUT2D eigenvalue weighted by molar-refractivity contribution is 6.32. The molecular formula is C96H74N4O2. The molecule has 0 radical (unpaired) electrons. The number of nitrogens with zero attached hydrogens (tertiary/aromatic N) is 4. The van der Waals surface area contributed by atoms with Crippen LogP contribution in [0.1, 0.15) is 44.5 Å². The predicted molar refractivity (Wildman–Crippen MR) is 433 cm³/mol. The molecule has 0 aliphatic carbocycles. The zero-order valence-electron chi connectivity index (χ0n) is 58.5. The van der Waals surface area contributed by atoms with Crippen LogP contribution in [-0.2, 0) is 0 Å². The monoisotopic (exact) mass is 1310 g/mol. The van der Waals surface area contributed by atoms with Gasteiger partial charge in [0.2, 0.25) is 0 Å². The number of benzene rings is 16. The van der Waals surface area contributed by atoms with Crippen molar-refractivity contribution < 1.29 is 8.83 Å².